The summed E-state index contributed by atoms with van der Waals surface area (Å²) in [6, 6.07) is 5.57. The highest BCUT2D eigenvalue weighted by Gasteiger charge is 2.16. The van der Waals surface area contributed by atoms with Gasteiger partial charge in [0.1, 0.15) is 5.75 Å². The van der Waals surface area contributed by atoms with Crippen LogP contribution in [0.4, 0.5) is 11.6 Å². The first-order valence-corrected chi connectivity index (χ1v) is 9.27. The van der Waals surface area contributed by atoms with Gasteiger partial charge in [-0.05, 0) is 31.0 Å². The van der Waals surface area contributed by atoms with Crippen LogP contribution in [0.1, 0.15) is 48.9 Å². The van der Waals surface area contributed by atoms with Gasteiger partial charge < -0.3 is 15.4 Å². The van der Waals surface area contributed by atoms with Gasteiger partial charge in [0.15, 0.2) is 0 Å². The van der Waals surface area contributed by atoms with Crippen LogP contribution in [0.3, 0.4) is 0 Å². The van der Waals surface area contributed by atoms with Crippen molar-refractivity contribution < 1.29 is 9.53 Å². The predicted octanol–water partition coefficient (Wildman–Crippen LogP) is 4.33. The summed E-state index contributed by atoms with van der Waals surface area (Å²) in [5.74, 6) is 0.886. The smallest absolute Gasteiger partial charge is 0.254 e. The number of nitrogens with one attached hydrogen (secondary N) is 2. The van der Waals surface area contributed by atoms with Gasteiger partial charge in [0.25, 0.3) is 5.91 Å². The van der Waals surface area contributed by atoms with E-state index >= 15 is 0 Å². The van der Waals surface area contributed by atoms with Crippen LogP contribution >= 0.6 is 11.6 Å². The summed E-state index contributed by atoms with van der Waals surface area (Å²) >= 11 is 6.11. The van der Waals surface area contributed by atoms with Gasteiger partial charge in [0, 0.05) is 24.1 Å². The first-order chi connectivity index (χ1) is 12.7. The normalized spacial score (nSPS) is 15.2. The van der Waals surface area contributed by atoms with Gasteiger partial charge in [-0.2, -0.15) is 0 Å². The zero-order valence-electron chi connectivity index (χ0n) is 14.8. The minimum Gasteiger partial charge on any atom is -0.495 e. The van der Waals surface area contributed by atoms with E-state index in [4.69, 9.17) is 16.3 Å². The van der Waals surface area contributed by atoms with Crippen molar-refractivity contribution in [1.29, 1.82) is 0 Å². The average molecular weight is 375 g/mol. The number of rotatable bonds is 5. The SMILES string of the molecule is COc1ccc(Nc2ncc(C(=O)NC3CCCCCC3)cn2)cc1Cl. The van der Waals surface area contributed by atoms with E-state index in [-0.39, 0.29) is 11.9 Å². The third kappa shape index (κ3) is 4.85. The number of benzene rings is 1. The molecule has 3 rings (SSSR count). The molecule has 1 aromatic heterocycles. The molecule has 1 fully saturated rings. The number of methoxy groups -OCH3 is 1. The molecule has 26 heavy (non-hydrogen) atoms. The largest absolute Gasteiger partial charge is 0.495 e. The second kappa shape index (κ2) is 8.85. The molecule has 1 aromatic carbocycles. The molecule has 1 aliphatic carbocycles. The Hall–Kier alpha value is -2.34. The highest BCUT2D eigenvalue weighted by molar-refractivity contribution is 6.32. The summed E-state index contributed by atoms with van der Waals surface area (Å²) in [5, 5.41) is 6.65. The molecule has 0 bridgehead atoms. The van der Waals surface area contributed by atoms with Crippen molar-refractivity contribution in [1.82, 2.24) is 15.3 Å². The molecular formula is C19H23ClN4O2. The molecule has 1 saturated carbocycles. The number of nitrogens with zero attached hydrogens (tertiary/aromatic N) is 2. The van der Waals surface area contributed by atoms with Crippen LogP contribution in [0.15, 0.2) is 30.6 Å². The molecule has 0 saturated heterocycles. The van der Waals surface area contributed by atoms with Crippen LogP contribution < -0.4 is 15.4 Å². The van der Waals surface area contributed by atoms with E-state index in [1.165, 1.54) is 38.1 Å². The summed E-state index contributed by atoms with van der Waals surface area (Å²) in [5.41, 5.74) is 1.21. The van der Waals surface area contributed by atoms with E-state index in [9.17, 15) is 4.79 Å². The fourth-order valence-electron chi connectivity index (χ4n) is 3.08. The second-order valence-electron chi connectivity index (χ2n) is 6.43. The van der Waals surface area contributed by atoms with Crippen molar-refractivity contribution in [2.45, 2.75) is 44.6 Å². The number of hydrogen-bond acceptors (Lipinski definition) is 5. The Bertz CT molecular complexity index is 744. The van der Waals surface area contributed by atoms with Crippen molar-refractivity contribution in [3.05, 3.63) is 41.2 Å². The van der Waals surface area contributed by atoms with Crippen LogP contribution in [-0.2, 0) is 0 Å². The predicted molar refractivity (Wildman–Crippen MR) is 102 cm³/mol. The molecule has 0 atom stereocenters. The Balaban J connectivity index is 1.60. The zero-order chi connectivity index (χ0) is 18.4. The number of amides is 1. The molecule has 0 aliphatic heterocycles. The molecule has 2 aromatic rings. The van der Waals surface area contributed by atoms with Crippen molar-refractivity contribution in [2.24, 2.45) is 0 Å². The van der Waals surface area contributed by atoms with Gasteiger partial charge in [-0.15, -0.1) is 0 Å². The molecule has 0 radical (unpaired) electrons. The maximum atomic E-state index is 12.4. The van der Waals surface area contributed by atoms with Gasteiger partial charge in [0.2, 0.25) is 5.95 Å². The maximum Gasteiger partial charge on any atom is 0.254 e. The second-order valence-corrected chi connectivity index (χ2v) is 6.84. The van der Waals surface area contributed by atoms with Crippen molar-refractivity contribution in [3.63, 3.8) is 0 Å². The van der Waals surface area contributed by atoms with Crippen LogP contribution in [0.25, 0.3) is 0 Å². The minimum atomic E-state index is -0.115. The fourth-order valence-corrected chi connectivity index (χ4v) is 3.33. The Labute approximate surface area is 158 Å². The molecule has 6 nitrogen and oxygen atoms in total. The molecule has 0 unspecified atom stereocenters. The van der Waals surface area contributed by atoms with E-state index in [0.717, 1.165) is 18.5 Å². The number of anilines is 2. The number of hydrogen-bond donors (Lipinski definition) is 2. The fraction of sp³-hybridized carbons (Fsp3) is 0.421. The van der Waals surface area contributed by atoms with Crippen molar-refractivity contribution >= 4 is 29.1 Å². The highest BCUT2D eigenvalue weighted by atomic mass is 35.5. The molecular weight excluding hydrogens is 352 g/mol. The lowest BCUT2D eigenvalue weighted by Gasteiger charge is -2.16. The number of aromatic nitrogens is 2. The van der Waals surface area contributed by atoms with Gasteiger partial charge in [-0.1, -0.05) is 37.3 Å². The van der Waals surface area contributed by atoms with Gasteiger partial charge in [-0.25, -0.2) is 9.97 Å². The van der Waals surface area contributed by atoms with Crippen LogP contribution in [0.5, 0.6) is 5.75 Å². The number of carbonyl (C=O) groups excluding carboxylic acids is 1. The molecule has 1 amide bonds. The Morgan fingerprint density at radius 1 is 1.15 bits per heavy atom. The van der Waals surface area contributed by atoms with Gasteiger partial charge in [0.05, 0.1) is 17.7 Å². The van der Waals surface area contributed by atoms with E-state index < -0.39 is 0 Å². The highest BCUT2D eigenvalue weighted by Crippen LogP contribution is 2.28. The van der Waals surface area contributed by atoms with Gasteiger partial charge >= 0.3 is 0 Å². The molecule has 138 valence electrons. The van der Waals surface area contributed by atoms with E-state index in [0.29, 0.717) is 22.3 Å². The van der Waals surface area contributed by atoms with Crippen LogP contribution in [0, 0.1) is 0 Å². The average Bonchev–Trinajstić information content (AvgIpc) is 2.91. The minimum absolute atomic E-state index is 0.115. The molecule has 2 N–H and O–H groups in total. The molecule has 7 heteroatoms. The summed E-state index contributed by atoms with van der Waals surface area (Å²) < 4.78 is 5.13. The Kier molecular flexibility index (Phi) is 6.28. The van der Waals surface area contributed by atoms with Crippen molar-refractivity contribution in [3.8, 4) is 5.75 Å². The first kappa shape index (κ1) is 18.5. The van der Waals surface area contributed by atoms with Crippen LogP contribution in [0.2, 0.25) is 5.02 Å². The standard InChI is InChI=1S/C19H23ClN4O2/c1-26-17-9-8-15(10-16(17)20)24-19-21-11-13(12-22-19)18(25)23-14-6-4-2-3-5-7-14/h8-12,14H,2-7H2,1H3,(H,23,25)(H,21,22,24). The lowest BCUT2D eigenvalue weighted by molar-refractivity contribution is 0.0932. The van der Waals surface area contributed by atoms with Crippen molar-refractivity contribution in [2.75, 3.05) is 12.4 Å². The molecule has 1 aliphatic rings. The monoisotopic (exact) mass is 374 g/mol. The van der Waals surface area contributed by atoms with E-state index in [1.54, 1.807) is 19.2 Å². The summed E-state index contributed by atoms with van der Waals surface area (Å²) in [6.45, 7) is 0. The number of halogens is 1. The quantitative estimate of drug-likeness (QED) is 0.761. The topological polar surface area (TPSA) is 76.1 Å². The number of ether oxygens (including phenoxy) is 1. The van der Waals surface area contributed by atoms with E-state index in [2.05, 4.69) is 20.6 Å². The lowest BCUT2D eigenvalue weighted by Crippen LogP contribution is -2.34. The lowest BCUT2D eigenvalue weighted by atomic mass is 10.1. The summed E-state index contributed by atoms with van der Waals surface area (Å²) in [4.78, 5) is 20.8. The summed E-state index contributed by atoms with van der Waals surface area (Å²) in [7, 11) is 1.57. The molecule has 0 spiro atoms. The van der Waals surface area contributed by atoms with Crippen LogP contribution in [-0.4, -0.2) is 29.0 Å². The maximum absolute atomic E-state index is 12.4. The Morgan fingerprint density at radius 2 is 1.85 bits per heavy atom. The number of carbonyl (C=O) groups is 1. The van der Waals surface area contributed by atoms with E-state index in [1.807, 2.05) is 6.07 Å². The van der Waals surface area contributed by atoms with Gasteiger partial charge in [-0.3, -0.25) is 4.79 Å². The molecule has 1 heterocycles. The first-order valence-electron chi connectivity index (χ1n) is 8.89. The zero-order valence-corrected chi connectivity index (χ0v) is 15.6. The Morgan fingerprint density at radius 3 is 2.46 bits per heavy atom. The third-order valence-electron chi connectivity index (χ3n) is 4.51. The summed E-state index contributed by atoms with van der Waals surface area (Å²) in [6.07, 6.45) is 10.0. The third-order valence-corrected chi connectivity index (χ3v) is 4.81.